The molecule has 0 aromatic carbocycles. The van der Waals surface area contributed by atoms with Gasteiger partial charge in [-0.15, -0.1) is 0 Å². The predicted molar refractivity (Wildman–Crippen MR) is 112 cm³/mol. The van der Waals surface area contributed by atoms with Crippen molar-refractivity contribution in [2.24, 2.45) is 11.0 Å². The van der Waals surface area contributed by atoms with Gasteiger partial charge in [0.05, 0.1) is 17.3 Å². The van der Waals surface area contributed by atoms with E-state index in [9.17, 15) is 71.0 Å². The summed E-state index contributed by atoms with van der Waals surface area (Å²) in [4.78, 5) is 4.73. The number of nitrogens with zero attached hydrogens (tertiary/aromatic N) is 4. The first kappa shape index (κ1) is 32.9. The van der Waals surface area contributed by atoms with E-state index in [-0.39, 0.29) is 29.3 Å². The smallest absolute Gasteiger partial charge is 0.371 e. The maximum absolute atomic E-state index is 13.7. The third-order valence-electron chi connectivity index (χ3n) is 5.21. The largest absolute Gasteiger partial charge is 0.433 e. The highest BCUT2D eigenvalue weighted by molar-refractivity contribution is 14.1. The van der Waals surface area contributed by atoms with Gasteiger partial charge >= 0.3 is 30.9 Å². The fraction of sp³-hybridized carbons (Fsp3) is 0.421. The summed E-state index contributed by atoms with van der Waals surface area (Å²) in [7, 11) is 0. The van der Waals surface area contributed by atoms with E-state index in [4.69, 9.17) is 0 Å². The number of alkyl halides is 15. The second-order valence-electron chi connectivity index (χ2n) is 8.03. The number of anilines is 1. The average molecular weight is 736 g/mol. The molecule has 41 heavy (non-hydrogen) atoms. The Morgan fingerprint density at radius 1 is 0.683 bits per heavy atom. The molecule has 6 nitrogen and oxygen atoms in total. The molecule has 3 atom stereocenters. The molecule has 1 aliphatic heterocycles. The first-order valence-electron chi connectivity index (χ1n) is 10.1. The summed E-state index contributed by atoms with van der Waals surface area (Å²) in [6.45, 7) is 0. The van der Waals surface area contributed by atoms with Gasteiger partial charge in [-0.25, -0.2) is 15.0 Å². The van der Waals surface area contributed by atoms with Crippen LogP contribution in [0.4, 0.5) is 71.5 Å². The normalized spacial score (nSPS) is 19.9. The van der Waals surface area contributed by atoms with Crippen molar-refractivity contribution in [2.75, 3.05) is 5.01 Å². The van der Waals surface area contributed by atoms with Gasteiger partial charge in [0.25, 0.3) is 0 Å². The molecule has 0 aliphatic carbocycles. The molecule has 3 rings (SSSR count). The Balaban J connectivity index is 2.37. The van der Waals surface area contributed by atoms with E-state index in [2.05, 4.69) is 18.1 Å². The maximum Gasteiger partial charge on any atom is 0.433 e. The Morgan fingerprint density at radius 3 is 1.37 bits per heavy atom. The van der Waals surface area contributed by atoms with Gasteiger partial charge < -0.3 is 8.17 Å². The zero-order valence-electron chi connectivity index (χ0n) is 18.7. The van der Waals surface area contributed by atoms with E-state index in [1.54, 1.807) is 0 Å². The molecular formula is C19H8F15IN4O2. The van der Waals surface area contributed by atoms with Crippen molar-refractivity contribution in [3.05, 3.63) is 52.6 Å². The summed E-state index contributed by atoms with van der Waals surface area (Å²) < 4.78 is 205. The first-order chi connectivity index (χ1) is 18.4. The summed E-state index contributed by atoms with van der Waals surface area (Å²) in [6, 6.07) is -0.784. The van der Waals surface area contributed by atoms with Gasteiger partial charge in [-0.3, -0.25) is 0 Å². The van der Waals surface area contributed by atoms with Crippen molar-refractivity contribution < 1.29 is 74.0 Å². The third kappa shape index (κ3) is 7.06. The summed E-state index contributed by atoms with van der Waals surface area (Å²) in [5, 5.41) is 13.6. The summed E-state index contributed by atoms with van der Waals surface area (Å²) >= 11 is 0.612. The molecule has 0 amide bonds. The van der Waals surface area contributed by atoms with Gasteiger partial charge in [0, 0.05) is 5.56 Å². The second-order valence-corrected chi connectivity index (χ2v) is 8.54. The van der Waals surface area contributed by atoms with Crippen molar-refractivity contribution in [1.29, 1.82) is 0 Å². The highest BCUT2D eigenvalue weighted by Gasteiger charge is 2.55. The number of hydrazone groups is 1. The monoisotopic (exact) mass is 736 g/mol. The third-order valence-corrected chi connectivity index (χ3v) is 5.75. The Labute approximate surface area is 230 Å². The molecule has 0 spiro atoms. The van der Waals surface area contributed by atoms with E-state index in [0.29, 0.717) is 23.0 Å². The molecule has 0 saturated carbocycles. The summed E-state index contributed by atoms with van der Waals surface area (Å²) in [5.74, 6) is -2.81. The number of aromatic nitrogens is 2. The van der Waals surface area contributed by atoms with Crippen molar-refractivity contribution in [3.63, 3.8) is 0 Å². The van der Waals surface area contributed by atoms with Crippen LogP contribution in [0.15, 0.2) is 29.4 Å². The Kier molecular flexibility index (Phi) is 8.48. The minimum Gasteiger partial charge on any atom is -0.371 e. The van der Waals surface area contributed by atoms with Gasteiger partial charge in [-0.05, 0) is 24.3 Å². The molecule has 2 aromatic heterocycles. The van der Waals surface area contributed by atoms with Gasteiger partial charge in [0.15, 0.2) is 12.3 Å². The fourth-order valence-electron chi connectivity index (χ4n) is 3.51. The topological polar surface area (TPSA) is 70.8 Å². The number of pyridine rings is 2. The highest BCUT2D eigenvalue weighted by Crippen LogP contribution is 2.43. The highest BCUT2D eigenvalue weighted by atomic mass is 127. The molecule has 3 heterocycles. The Bertz CT molecular complexity index is 1250. The lowest BCUT2D eigenvalue weighted by Crippen LogP contribution is -2.47. The van der Waals surface area contributed by atoms with Gasteiger partial charge in [0.2, 0.25) is 0 Å². The number of hydrogen-bond donors (Lipinski definition) is 1. The number of rotatable bonds is 4. The lowest BCUT2D eigenvalue weighted by molar-refractivity contribution is -0.201. The van der Waals surface area contributed by atoms with Crippen molar-refractivity contribution in [1.82, 2.24) is 9.97 Å². The van der Waals surface area contributed by atoms with Crippen LogP contribution >= 0.6 is 23.0 Å². The fourth-order valence-corrected chi connectivity index (χ4v) is 4.12. The maximum atomic E-state index is 13.7. The molecule has 1 N–H and O–H groups in total. The Hall–Kier alpha value is -2.63. The van der Waals surface area contributed by atoms with Gasteiger partial charge in [0.1, 0.15) is 45.8 Å². The number of aliphatic hydroxyl groups is 1. The van der Waals surface area contributed by atoms with Crippen LogP contribution in [-0.2, 0) is 27.8 Å². The van der Waals surface area contributed by atoms with Crippen LogP contribution in [0.2, 0.25) is 0 Å². The van der Waals surface area contributed by atoms with Crippen molar-refractivity contribution >= 4 is 34.4 Å². The van der Waals surface area contributed by atoms with Crippen LogP contribution < -0.4 is 5.01 Å². The molecule has 0 saturated heterocycles. The molecule has 2 aromatic rings. The predicted octanol–water partition coefficient (Wildman–Crippen LogP) is 7.01. The van der Waals surface area contributed by atoms with Crippen molar-refractivity contribution in [3.8, 4) is 0 Å². The van der Waals surface area contributed by atoms with Crippen LogP contribution in [0.1, 0.15) is 28.3 Å². The molecule has 0 bridgehead atoms. The van der Waals surface area contributed by atoms with Gasteiger partial charge in [-0.1, -0.05) is 0 Å². The molecule has 1 aliphatic rings. The second kappa shape index (κ2) is 10.6. The standard InChI is InChI=1S/C19H8F15IN4O2/c20-15(21,22)7-1-5(2-8(36-7)16(23,24)25)12-11(13(41-35)19(32,33)34)14(40)39(38-12)6-3-9(17(26,27)28)37-10(4-6)18(29,30)31/h1-4,11,13-14,40H. The molecule has 0 fully saturated rings. The van der Waals surface area contributed by atoms with E-state index in [0.717, 1.165) is 0 Å². The van der Waals surface area contributed by atoms with Crippen molar-refractivity contribution in [2.45, 2.75) is 43.2 Å². The molecule has 22 heteroatoms. The lowest BCUT2D eigenvalue weighted by atomic mass is 9.90. The molecule has 0 radical (unpaired) electrons. The van der Waals surface area contributed by atoms with Crippen LogP contribution in [0.25, 0.3) is 0 Å². The van der Waals surface area contributed by atoms with E-state index in [1.165, 1.54) is 0 Å². The lowest BCUT2D eigenvalue weighted by Gasteiger charge is -2.29. The summed E-state index contributed by atoms with van der Waals surface area (Å²) in [5.41, 5.74) is -13.4. The first-order valence-corrected chi connectivity index (χ1v) is 11.0. The minimum absolute atomic E-state index is 0.190. The van der Waals surface area contributed by atoms with E-state index >= 15 is 0 Å². The van der Waals surface area contributed by atoms with E-state index < -0.39 is 88.9 Å². The van der Waals surface area contributed by atoms with Gasteiger partial charge in [-0.2, -0.15) is 71.0 Å². The zero-order chi connectivity index (χ0) is 31.5. The quantitative estimate of drug-likeness (QED) is 0.271. The molecule has 228 valence electrons. The number of hydrogen-bond acceptors (Lipinski definition) is 6. The Morgan fingerprint density at radius 2 is 1.05 bits per heavy atom. The molecular weight excluding hydrogens is 728 g/mol. The number of aliphatic hydroxyl groups excluding tert-OH is 1. The van der Waals surface area contributed by atoms with Crippen LogP contribution in [0, 0.1) is 5.92 Å². The number of halogens is 16. The SMILES string of the molecule is OC1C(C(OI)C(F)(F)F)C(c2cc(C(F)(F)F)nc(C(F)(F)F)c2)=NN1c1cc(C(F)(F)F)nc(C(F)(F)F)c1. The minimum atomic E-state index is -5.62. The van der Waals surface area contributed by atoms with Crippen LogP contribution in [0.5, 0.6) is 0 Å². The van der Waals surface area contributed by atoms with Crippen LogP contribution in [0.3, 0.4) is 0 Å². The van der Waals surface area contributed by atoms with Crippen LogP contribution in [-0.4, -0.2) is 39.3 Å². The van der Waals surface area contributed by atoms with E-state index in [1.807, 2.05) is 0 Å². The summed E-state index contributed by atoms with van der Waals surface area (Å²) in [6.07, 6.45) is -34.2. The molecule has 3 unspecified atom stereocenters. The zero-order valence-corrected chi connectivity index (χ0v) is 20.9. The average Bonchev–Trinajstić information content (AvgIpc) is 3.12.